The lowest BCUT2D eigenvalue weighted by Gasteiger charge is -2.31. The Labute approximate surface area is 210 Å². The molecule has 2 heterocycles. The molecule has 0 saturated carbocycles. The van der Waals surface area contributed by atoms with Gasteiger partial charge in [-0.15, -0.1) is 0 Å². The lowest BCUT2D eigenvalue weighted by molar-refractivity contribution is 0.596. The van der Waals surface area contributed by atoms with Gasteiger partial charge in [-0.1, -0.05) is 73.5 Å². The Bertz CT molecular complexity index is 1530. The molecule has 6 heteroatoms. The van der Waals surface area contributed by atoms with E-state index in [1.807, 2.05) is 67.9 Å². The van der Waals surface area contributed by atoms with Gasteiger partial charge in [-0.3, -0.25) is 4.79 Å². The monoisotopic (exact) mass is 484 g/mol. The average molecular weight is 485 g/mol. The van der Waals surface area contributed by atoms with Gasteiger partial charge in [0, 0.05) is 29.0 Å². The summed E-state index contributed by atoms with van der Waals surface area (Å²) in [6, 6.07) is 23.3. The highest BCUT2D eigenvalue weighted by molar-refractivity contribution is 6.30. The van der Waals surface area contributed by atoms with E-state index in [1.54, 1.807) is 18.6 Å². The summed E-state index contributed by atoms with van der Waals surface area (Å²) in [7, 11) is 1.94. The van der Waals surface area contributed by atoms with Crippen molar-refractivity contribution >= 4 is 22.5 Å². The van der Waals surface area contributed by atoms with Crippen LogP contribution in [0.15, 0.2) is 90.1 Å². The zero-order valence-electron chi connectivity index (χ0n) is 20.3. The summed E-state index contributed by atoms with van der Waals surface area (Å²) >= 11 is 6.25. The number of pyridine rings is 1. The molecule has 35 heavy (non-hydrogen) atoms. The predicted octanol–water partition coefficient (Wildman–Crippen LogP) is 6.17. The van der Waals surface area contributed by atoms with Crippen molar-refractivity contribution in [1.29, 1.82) is 0 Å². The fourth-order valence-electron chi connectivity index (χ4n) is 4.41. The summed E-state index contributed by atoms with van der Waals surface area (Å²) in [4.78, 5) is 19.7. The second-order valence-corrected chi connectivity index (χ2v) is 8.82. The van der Waals surface area contributed by atoms with Crippen LogP contribution in [0, 0.1) is 6.92 Å². The molecular weight excluding hydrogens is 456 g/mol. The topological polar surface area (TPSA) is 76.7 Å². The Kier molecular flexibility index (Phi) is 6.92. The van der Waals surface area contributed by atoms with Gasteiger partial charge in [0.05, 0.1) is 18.2 Å². The molecule has 5 nitrogen and oxygen atoms in total. The SMILES string of the molecule is CC.Cc1ccc(C(N)(c2ccc3[nH]c(=O)cc(-c4cccc(Cl)c4)c3c2)c2cncn2C)cc1. The number of nitrogens with zero attached hydrogens (tertiary/aromatic N) is 2. The quantitative estimate of drug-likeness (QED) is 0.320. The summed E-state index contributed by atoms with van der Waals surface area (Å²) < 4.78 is 1.94. The minimum atomic E-state index is -0.950. The van der Waals surface area contributed by atoms with Crippen LogP contribution < -0.4 is 11.3 Å². The number of nitrogens with two attached hydrogens (primary N) is 1. The largest absolute Gasteiger partial charge is 0.336 e. The minimum Gasteiger partial charge on any atom is -0.336 e. The summed E-state index contributed by atoms with van der Waals surface area (Å²) in [5.74, 6) is 0. The molecule has 3 N–H and O–H groups in total. The van der Waals surface area contributed by atoms with E-state index in [0.29, 0.717) is 5.02 Å². The maximum atomic E-state index is 12.4. The van der Waals surface area contributed by atoms with Gasteiger partial charge in [0.2, 0.25) is 5.56 Å². The Morgan fingerprint density at radius 1 is 0.971 bits per heavy atom. The predicted molar refractivity (Wildman–Crippen MR) is 145 cm³/mol. The smallest absolute Gasteiger partial charge is 0.249 e. The first-order chi connectivity index (χ1) is 16.9. The van der Waals surface area contributed by atoms with E-state index >= 15 is 0 Å². The molecule has 0 radical (unpaired) electrons. The Hall–Kier alpha value is -3.67. The maximum absolute atomic E-state index is 12.4. The van der Waals surface area contributed by atoms with Gasteiger partial charge in [0.1, 0.15) is 5.54 Å². The van der Waals surface area contributed by atoms with Crippen LogP contribution in [0.4, 0.5) is 0 Å². The number of nitrogens with one attached hydrogen (secondary N) is 1. The molecular formula is C29H29ClN4O. The second kappa shape index (κ2) is 9.90. The zero-order chi connectivity index (χ0) is 25.2. The Morgan fingerprint density at radius 3 is 2.34 bits per heavy atom. The van der Waals surface area contributed by atoms with E-state index in [0.717, 1.165) is 44.4 Å². The Balaban J connectivity index is 0.00000141. The molecule has 0 saturated heterocycles. The maximum Gasteiger partial charge on any atom is 0.249 e. The third-order valence-corrected chi connectivity index (χ3v) is 6.40. The highest BCUT2D eigenvalue weighted by atomic mass is 35.5. The zero-order valence-corrected chi connectivity index (χ0v) is 21.1. The average Bonchev–Trinajstić information content (AvgIpc) is 3.31. The van der Waals surface area contributed by atoms with Crippen LogP contribution >= 0.6 is 11.6 Å². The number of hydrogen-bond donors (Lipinski definition) is 2. The van der Waals surface area contributed by atoms with Crippen LogP contribution in [-0.4, -0.2) is 14.5 Å². The molecule has 5 aromatic rings. The molecule has 0 spiro atoms. The normalized spacial score (nSPS) is 12.6. The van der Waals surface area contributed by atoms with E-state index in [-0.39, 0.29) is 5.56 Å². The van der Waals surface area contributed by atoms with Crippen molar-refractivity contribution in [2.24, 2.45) is 12.8 Å². The third kappa shape index (κ3) is 4.53. The fraction of sp³-hybridized carbons (Fsp3) is 0.172. The lowest BCUT2D eigenvalue weighted by Crippen LogP contribution is -2.41. The molecule has 0 amide bonds. The van der Waals surface area contributed by atoms with Crippen LogP contribution in [0.3, 0.4) is 0 Å². The van der Waals surface area contributed by atoms with Gasteiger partial charge in [-0.2, -0.15) is 0 Å². The molecule has 0 aliphatic rings. The van der Waals surface area contributed by atoms with Crippen molar-refractivity contribution in [3.8, 4) is 11.1 Å². The van der Waals surface area contributed by atoms with Crippen molar-refractivity contribution in [2.75, 3.05) is 0 Å². The van der Waals surface area contributed by atoms with Gasteiger partial charge in [-0.25, -0.2) is 4.98 Å². The molecule has 0 aliphatic carbocycles. The van der Waals surface area contributed by atoms with E-state index in [2.05, 4.69) is 41.2 Å². The summed E-state index contributed by atoms with van der Waals surface area (Å²) in [5.41, 5.74) is 12.4. The van der Waals surface area contributed by atoms with Crippen LogP contribution in [-0.2, 0) is 12.6 Å². The number of aromatic nitrogens is 3. The number of fused-ring (bicyclic) bond motifs is 1. The molecule has 0 fully saturated rings. The molecule has 1 atom stereocenters. The van der Waals surface area contributed by atoms with Gasteiger partial charge in [0.25, 0.3) is 0 Å². The van der Waals surface area contributed by atoms with Crippen LogP contribution in [0.5, 0.6) is 0 Å². The number of imidazole rings is 1. The standard InChI is InChI=1S/C27H23ClN4O.C2H6/c1-17-6-8-19(9-7-17)27(29,25-15-30-16-32(25)2)20-10-11-24-23(13-20)22(14-26(33)31-24)18-4-3-5-21(28)12-18;1-2/h3-16H,29H2,1-2H3,(H,31,33);1-2H3. The molecule has 178 valence electrons. The fourth-order valence-corrected chi connectivity index (χ4v) is 4.60. The van der Waals surface area contributed by atoms with Crippen LogP contribution in [0.25, 0.3) is 22.0 Å². The van der Waals surface area contributed by atoms with Crippen molar-refractivity contribution in [3.05, 3.63) is 123 Å². The third-order valence-electron chi connectivity index (χ3n) is 6.16. The first kappa shape index (κ1) is 24.5. The van der Waals surface area contributed by atoms with E-state index < -0.39 is 5.54 Å². The molecule has 0 aliphatic heterocycles. The second-order valence-electron chi connectivity index (χ2n) is 8.38. The first-order valence-electron chi connectivity index (χ1n) is 11.6. The first-order valence-corrected chi connectivity index (χ1v) is 12.0. The summed E-state index contributed by atoms with van der Waals surface area (Å²) in [6.07, 6.45) is 3.55. The number of aryl methyl sites for hydroxylation is 2. The number of benzene rings is 3. The van der Waals surface area contributed by atoms with Gasteiger partial charge >= 0.3 is 0 Å². The lowest BCUT2D eigenvalue weighted by atomic mass is 9.80. The molecule has 5 rings (SSSR count). The van der Waals surface area contributed by atoms with Crippen molar-refractivity contribution in [3.63, 3.8) is 0 Å². The molecule has 2 aromatic heterocycles. The molecule has 0 bridgehead atoms. The van der Waals surface area contributed by atoms with Crippen molar-refractivity contribution < 1.29 is 0 Å². The number of halogens is 1. The van der Waals surface area contributed by atoms with Crippen LogP contribution in [0.2, 0.25) is 5.02 Å². The van der Waals surface area contributed by atoms with E-state index in [4.69, 9.17) is 17.3 Å². The van der Waals surface area contributed by atoms with E-state index in [1.165, 1.54) is 0 Å². The number of aromatic amines is 1. The number of rotatable bonds is 4. The highest BCUT2D eigenvalue weighted by Gasteiger charge is 2.35. The highest BCUT2D eigenvalue weighted by Crippen LogP contribution is 2.37. The number of hydrogen-bond acceptors (Lipinski definition) is 3. The number of H-pyrrole nitrogens is 1. The van der Waals surface area contributed by atoms with Gasteiger partial charge in [-0.05, 0) is 53.4 Å². The van der Waals surface area contributed by atoms with Crippen molar-refractivity contribution in [1.82, 2.24) is 14.5 Å². The summed E-state index contributed by atoms with van der Waals surface area (Å²) in [5, 5.41) is 1.50. The van der Waals surface area contributed by atoms with Crippen molar-refractivity contribution in [2.45, 2.75) is 26.3 Å². The minimum absolute atomic E-state index is 0.172. The molecule has 3 aromatic carbocycles. The van der Waals surface area contributed by atoms with E-state index in [9.17, 15) is 4.79 Å². The Morgan fingerprint density at radius 2 is 1.69 bits per heavy atom. The molecule has 1 unspecified atom stereocenters. The van der Waals surface area contributed by atoms with Crippen LogP contribution in [0.1, 0.15) is 36.2 Å². The summed E-state index contributed by atoms with van der Waals surface area (Å²) in [6.45, 7) is 6.05. The van der Waals surface area contributed by atoms with Gasteiger partial charge < -0.3 is 15.3 Å². The van der Waals surface area contributed by atoms with Gasteiger partial charge in [0.15, 0.2) is 0 Å².